The normalized spacial score (nSPS) is 9.12. The van der Waals surface area contributed by atoms with Crippen molar-refractivity contribution in [3.8, 4) is 0 Å². The molecule has 0 atom stereocenters. The van der Waals surface area contributed by atoms with Crippen LogP contribution in [0.5, 0.6) is 0 Å². The molecule has 0 spiro atoms. The molecule has 2 heteroatoms. The van der Waals surface area contributed by atoms with Crippen LogP contribution in [0, 0.1) is 0 Å². The maximum atomic E-state index is 9.62. The maximum Gasteiger partial charge on any atom is 0.209 e. The summed E-state index contributed by atoms with van der Waals surface area (Å²) in [5, 5.41) is 0. The van der Waals surface area contributed by atoms with E-state index in [0.29, 0.717) is 5.75 Å². The highest BCUT2D eigenvalue weighted by Crippen LogP contribution is 2.01. The van der Waals surface area contributed by atoms with Gasteiger partial charge in [0, 0.05) is 0 Å². The van der Waals surface area contributed by atoms with Crippen LogP contribution >= 0.6 is 11.8 Å². The molecule has 0 aliphatic carbocycles. The van der Waals surface area contributed by atoms with Crippen molar-refractivity contribution in [3.05, 3.63) is 0 Å². The minimum Gasteiger partial charge on any atom is -0.290 e. The average Bonchev–Trinajstić information content (AvgIpc) is 1.81. The van der Waals surface area contributed by atoms with Crippen LogP contribution in [0.25, 0.3) is 0 Å². The molecule has 0 saturated heterocycles. The van der Waals surface area contributed by atoms with Crippen molar-refractivity contribution in [3.63, 3.8) is 0 Å². The second kappa shape index (κ2) is 7.02. The molecule has 0 aromatic rings. The Morgan fingerprint density at radius 1 is 1.62 bits per heavy atom. The molecule has 1 nitrogen and oxygen atoms in total. The van der Waals surface area contributed by atoms with Gasteiger partial charge in [0.1, 0.15) is 0 Å². The lowest BCUT2D eigenvalue weighted by molar-refractivity contribution is 0.560. The van der Waals surface area contributed by atoms with E-state index in [9.17, 15) is 4.79 Å². The third-order valence-electron chi connectivity index (χ3n) is 0.803. The summed E-state index contributed by atoms with van der Waals surface area (Å²) in [6.07, 6.45) is 4.27. The molecule has 0 aromatic carbocycles. The van der Waals surface area contributed by atoms with E-state index in [4.69, 9.17) is 0 Å². The standard InChI is InChI=1S/C6H11OS/c1-2-3-5-8-6-4-7/h2-3,5-6H2,1H3. The van der Waals surface area contributed by atoms with Crippen molar-refractivity contribution in [1.29, 1.82) is 0 Å². The van der Waals surface area contributed by atoms with Gasteiger partial charge in [-0.05, 0) is 12.2 Å². The first-order valence-corrected chi connectivity index (χ1v) is 4.00. The van der Waals surface area contributed by atoms with Crippen molar-refractivity contribution in [2.24, 2.45) is 0 Å². The highest BCUT2D eigenvalue weighted by atomic mass is 32.2. The van der Waals surface area contributed by atoms with Gasteiger partial charge in [-0.3, -0.25) is 4.79 Å². The monoisotopic (exact) mass is 131 g/mol. The molecule has 0 bridgehead atoms. The van der Waals surface area contributed by atoms with Crippen molar-refractivity contribution in [2.45, 2.75) is 19.8 Å². The van der Waals surface area contributed by atoms with E-state index in [1.54, 1.807) is 11.8 Å². The summed E-state index contributed by atoms with van der Waals surface area (Å²) in [6.45, 7) is 2.14. The van der Waals surface area contributed by atoms with Crippen LogP contribution in [0.3, 0.4) is 0 Å². The summed E-state index contributed by atoms with van der Waals surface area (Å²) < 4.78 is 0. The molecule has 0 aliphatic rings. The van der Waals surface area contributed by atoms with Gasteiger partial charge in [0.2, 0.25) is 6.29 Å². The summed E-state index contributed by atoms with van der Waals surface area (Å²) in [4.78, 5) is 9.62. The summed E-state index contributed by atoms with van der Waals surface area (Å²) in [7, 11) is 0. The number of hydrogen-bond donors (Lipinski definition) is 0. The molecule has 0 amide bonds. The highest BCUT2D eigenvalue weighted by molar-refractivity contribution is 7.99. The fourth-order valence-corrected chi connectivity index (χ4v) is 1.08. The van der Waals surface area contributed by atoms with Gasteiger partial charge in [-0.15, -0.1) is 0 Å². The second-order valence-corrected chi connectivity index (χ2v) is 2.66. The number of hydrogen-bond acceptors (Lipinski definition) is 2. The Labute approximate surface area is 54.8 Å². The van der Waals surface area contributed by atoms with Crippen molar-refractivity contribution >= 4 is 18.0 Å². The Morgan fingerprint density at radius 3 is 2.88 bits per heavy atom. The minimum atomic E-state index is 0.542. The van der Waals surface area contributed by atoms with E-state index in [0.717, 1.165) is 5.75 Å². The SMILES string of the molecule is CCCCSC[C]=O. The minimum absolute atomic E-state index is 0.542. The molecule has 1 radical (unpaired) electrons. The molecular formula is C6H11OS. The van der Waals surface area contributed by atoms with E-state index in [1.165, 1.54) is 12.8 Å². The third-order valence-corrected chi connectivity index (χ3v) is 1.70. The molecule has 0 unspecified atom stereocenters. The molecular weight excluding hydrogens is 120 g/mol. The fraction of sp³-hybridized carbons (Fsp3) is 0.833. The lowest BCUT2D eigenvalue weighted by Gasteiger charge is -1.90. The Morgan fingerprint density at radius 2 is 2.38 bits per heavy atom. The molecule has 0 fully saturated rings. The number of rotatable bonds is 5. The molecule has 8 heavy (non-hydrogen) atoms. The van der Waals surface area contributed by atoms with Gasteiger partial charge in [-0.2, -0.15) is 11.8 Å². The first-order valence-electron chi connectivity index (χ1n) is 2.84. The summed E-state index contributed by atoms with van der Waals surface area (Å²) in [5.74, 6) is 1.64. The maximum absolute atomic E-state index is 9.62. The Kier molecular flexibility index (Phi) is 7.04. The number of thioether (sulfide) groups is 1. The van der Waals surface area contributed by atoms with Crippen molar-refractivity contribution in [1.82, 2.24) is 0 Å². The number of unbranched alkanes of at least 4 members (excludes halogenated alkanes) is 1. The zero-order chi connectivity index (χ0) is 6.24. The first-order chi connectivity index (χ1) is 3.91. The lowest BCUT2D eigenvalue weighted by Crippen LogP contribution is -1.81. The predicted octanol–water partition coefficient (Wildman–Crippen LogP) is 1.63. The van der Waals surface area contributed by atoms with Gasteiger partial charge >= 0.3 is 0 Å². The van der Waals surface area contributed by atoms with Crippen LogP contribution in [0.1, 0.15) is 19.8 Å². The Hall–Kier alpha value is 0.0200. The summed E-state index contributed by atoms with van der Waals surface area (Å²) in [5.41, 5.74) is 0. The second-order valence-electron chi connectivity index (χ2n) is 1.55. The molecule has 0 saturated carbocycles. The molecule has 0 rings (SSSR count). The fourth-order valence-electron chi connectivity index (χ4n) is 0.360. The number of carbonyl (C=O) groups excluding carboxylic acids is 1. The third kappa shape index (κ3) is 6.02. The molecule has 0 N–H and O–H groups in total. The van der Waals surface area contributed by atoms with E-state index >= 15 is 0 Å². The highest BCUT2D eigenvalue weighted by Gasteiger charge is 1.84. The van der Waals surface area contributed by atoms with E-state index in [-0.39, 0.29) is 0 Å². The van der Waals surface area contributed by atoms with Gasteiger partial charge in [-0.25, -0.2) is 0 Å². The van der Waals surface area contributed by atoms with Crippen LogP contribution in [0.15, 0.2) is 0 Å². The molecule has 0 heterocycles. The lowest BCUT2D eigenvalue weighted by atomic mass is 10.4. The van der Waals surface area contributed by atoms with E-state index < -0.39 is 0 Å². The van der Waals surface area contributed by atoms with Crippen LogP contribution in [0.4, 0.5) is 0 Å². The quantitative estimate of drug-likeness (QED) is 0.527. The summed E-state index contributed by atoms with van der Waals surface area (Å²) in [6, 6.07) is 0. The van der Waals surface area contributed by atoms with Gasteiger partial charge in [0.25, 0.3) is 0 Å². The zero-order valence-corrected chi connectivity index (χ0v) is 5.96. The first kappa shape index (κ1) is 8.02. The van der Waals surface area contributed by atoms with E-state index in [2.05, 4.69) is 6.92 Å². The van der Waals surface area contributed by atoms with Gasteiger partial charge in [-0.1, -0.05) is 13.3 Å². The largest absolute Gasteiger partial charge is 0.290 e. The van der Waals surface area contributed by atoms with Crippen LogP contribution < -0.4 is 0 Å². The van der Waals surface area contributed by atoms with Crippen LogP contribution in [-0.4, -0.2) is 17.8 Å². The van der Waals surface area contributed by atoms with Gasteiger partial charge in [0.05, 0.1) is 5.75 Å². The zero-order valence-electron chi connectivity index (χ0n) is 5.14. The predicted molar refractivity (Wildman–Crippen MR) is 37.9 cm³/mol. The topological polar surface area (TPSA) is 17.1 Å². The van der Waals surface area contributed by atoms with Gasteiger partial charge in [0.15, 0.2) is 0 Å². The molecule has 47 valence electrons. The smallest absolute Gasteiger partial charge is 0.209 e. The van der Waals surface area contributed by atoms with Crippen molar-refractivity contribution in [2.75, 3.05) is 11.5 Å². The van der Waals surface area contributed by atoms with Crippen LogP contribution in [-0.2, 0) is 4.79 Å². The van der Waals surface area contributed by atoms with Gasteiger partial charge < -0.3 is 0 Å². The Balaban J connectivity index is 2.62. The van der Waals surface area contributed by atoms with E-state index in [1.807, 2.05) is 6.29 Å². The molecule has 0 aliphatic heterocycles. The van der Waals surface area contributed by atoms with Crippen molar-refractivity contribution < 1.29 is 4.79 Å². The Bertz CT molecular complexity index is 54.5. The van der Waals surface area contributed by atoms with Crippen LogP contribution in [0.2, 0.25) is 0 Å². The summed E-state index contributed by atoms with van der Waals surface area (Å²) >= 11 is 1.65. The average molecular weight is 131 g/mol. The molecule has 0 aromatic heterocycles.